The quantitative estimate of drug-likeness (QED) is 0.626. The highest BCUT2D eigenvalue weighted by Crippen LogP contribution is 2.67. The van der Waals surface area contributed by atoms with E-state index in [0.29, 0.717) is 5.54 Å². The molecule has 0 radical (unpaired) electrons. The summed E-state index contributed by atoms with van der Waals surface area (Å²) in [5.41, 5.74) is 2.75. The molecule has 0 amide bonds. The van der Waals surface area contributed by atoms with Gasteiger partial charge in [0.05, 0.1) is 0 Å². The molecule has 0 bridgehead atoms. The molecule has 0 aromatic carbocycles. The van der Waals surface area contributed by atoms with Gasteiger partial charge in [-0.3, -0.25) is 4.90 Å². The molecule has 0 aromatic rings. The van der Waals surface area contributed by atoms with Gasteiger partial charge in [0.1, 0.15) is 0 Å². The summed E-state index contributed by atoms with van der Waals surface area (Å²) in [6.45, 7) is 11.5. The van der Waals surface area contributed by atoms with Crippen molar-refractivity contribution in [3.8, 4) is 0 Å². The molecule has 2 heterocycles. The van der Waals surface area contributed by atoms with Crippen LogP contribution in [0.1, 0.15) is 46.0 Å². The first-order chi connectivity index (χ1) is 7.08. The molecule has 1 spiro atoms. The predicted molar refractivity (Wildman–Crippen MR) is 63.8 cm³/mol. The topological polar surface area (TPSA) is 3.24 Å². The van der Waals surface area contributed by atoms with Crippen LogP contribution in [0.4, 0.5) is 0 Å². The van der Waals surface area contributed by atoms with Gasteiger partial charge in [0.2, 0.25) is 0 Å². The van der Waals surface area contributed by atoms with Crippen LogP contribution >= 0.6 is 0 Å². The standard InChI is InChI=1S/C14H23N/c1-11(2)8-14-9-12(3)10-15(14)7-6-13(14)4-5-13/h11H,3-10H2,1-2H3/t14-/m1/s1. The van der Waals surface area contributed by atoms with Crippen molar-refractivity contribution in [3.05, 3.63) is 12.2 Å². The van der Waals surface area contributed by atoms with Crippen LogP contribution in [0.25, 0.3) is 0 Å². The van der Waals surface area contributed by atoms with Crippen molar-refractivity contribution in [2.45, 2.75) is 51.5 Å². The van der Waals surface area contributed by atoms with Crippen molar-refractivity contribution < 1.29 is 0 Å². The molecule has 1 atom stereocenters. The third-order valence-electron chi connectivity index (χ3n) is 5.01. The van der Waals surface area contributed by atoms with Crippen molar-refractivity contribution in [1.82, 2.24) is 4.90 Å². The molecule has 15 heavy (non-hydrogen) atoms. The van der Waals surface area contributed by atoms with Gasteiger partial charge in [0.25, 0.3) is 0 Å². The van der Waals surface area contributed by atoms with Crippen LogP contribution in [-0.2, 0) is 0 Å². The zero-order chi connectivity index (χ0) is 10.7. The number of rotatable bonds is 2. The molecule has 1 nitrogen and oxygen atoms in total. The lowest BCUT2D eigenvalue weighted by Gasteiger charge is -2.39. The Morgan fingerprint density at radius 1 is 1.33 bits per heavy atom. The maximum absolute atomic E-state index is 4.24. The van der Waals surface area contributed by atoms with E-state index in [9.17, 15) is 0 Å². The Bertz CT molecular complexity index is 300. The fourth-order valence-corrected chi connectivity index (χ4v) is 4.36. The van der Waals surface area contributed by atoms with E-state index in [2.05, 4.69) is 25.3 Å². The van der Waals surface area contributed by atoms with Gasteiger partial charge in [-0.2, -0.15) is 0 Å². The fraction of sp³-hybridized carbons (Fsp3) is 0.857. The first-order valence-electron chi connectivity index (χ1n) is 6.50. The van der Waals surface area contributed by atoms with Crippen molar-refractivity contribution in [1.29, 1.82) is 0 Å². The Morgan fingerprint density at radius 3 is 2.67 bits per heavy atom. The molecule has 0 N–H and O–H groups in total. The second-order valence-corrected chi connectivity index (χ2v) is 6.51. The van der Waals surface area contributed by atoms with E-state index in [1.165, 1.54) is 50.8 Å². The van der Waals surface area contributed by atoms with Crippen LogP contribution in [0.15, 0.2) is 12.2 Å². The van der Waals surface area contributed by atoms with Crippen LogP contribution in [-0.4, -0.2) is 23.5 Å². The van der Waals surface area contributed by atoms with Crippen LogP contribution < -0.4 is 0 Å². The molecule has 2 saturated heterocycles. The Balaban J connectivity index is 1.94. The normalized spacial score (nSPS) is 37.9. The van der Waals surface area contributed by atoms with Crippen molar-refractivity contribution in [2.75, 3.05) is 13.1 Å². The summed E-state index contributed by atoms with van der Waals surface area (Å²) >= 11 is 0. The van der Waals surface area contributed by atoms with Gasteiger partial charge in [-0.1, -0.05) is 26.0 Å². The van der Waals surface area contributed by atoms with Crippen LogP contribution in [0.2, 0.25) is 0 Å². The molecule has 3 rings (SSSR count). The highest BCUT2D eigenvalue weighted by Gasteiger charge is 2.66. The van der Waals surface area contributed by atoms with E-state index >= 15 is 0 Å². The van der Waals surface area contributed by atoms with E-state index in [1.807, 2.05) is 0 Å². The van der Waals surface area contributed by atoms with Gasteiger partial charge < -0.3 is 0 Å². The average molecular weight is 205 g/mol. The molecule has 84 valence electrons. The third-order valence-corrected chi connectivity index (χ3v) is 5.01. The van der Waals surface area contributed by atoms with E-state index in [4.69, 9.17) is 0 Å². The van der Waals surface area contributed by atoms with Crippen LogP contribution in [0, 0.1) is 11.3 Å². The first-order valence-corrected chi connectivity index (χ1v) is 6.50. The SMILES string of the molecule is C=C1CN2CCC3(CC3)[C@@]2(CC(C)C)C1. The number of fused-ring (bicyclic) bond motifs is 2. The number of hydrogen-bond donors (Lipinski definition) is 0. The molecule has 1 heteroatoms. The van der Waals surface area contributed by atoms with E-state index < -0.39 is 0 Å². The Hall–Kier alpha value is -0.300. The van der Waals surface area contributed by atoms with E-state index in [0.717, 1.165) is 11.3 Å². The first kappa shape index (κ1) is 9.89. The predicted octanol–water partition coefficient (Wildman–Crippen LogP) is 3.22. The van der Waals surface area contributed by atoms with Gasteiger partial charge in [-0.05, 0) is 50.0 Å². The molecule has 0 aromatic heterocycles. The van der Waals surface area contributed by atoms with Gasteiger partial charge in [0, 0.05) is 12.1 Å². The van der Waals surface area contributed by atoms with E-state index in [1.54, 1.807) is 0 Å². The monoisotopic (exact) mass is 205 g/mol. The van der Waals surface area contributed by atoms with Gasteiger partial charge >= 0.3 is 0 Å². The second kappa shape index (κ2) is 2.88. The minimum Gasteiger partial charge on any atom is -0.293 e. The van der Waals surface area contributed by atoms with Crippen LogP contribution in [0.3, 0.4) is 0 Å². The molecule has 3 fully saturated rings. The summed E-state index contributed by atoms with van der Waals surface area (Å²) in [5, 5.41) is 0. The summed E-state index contributed by atoms with van der Waals surface area (Å²) in [5.74, 6) is 0.828. The van der Waals surface area contributed by atoms with Crippen molar-refractivity contribution in [3.63, 3.8) is 0 Å². The second-order valence-electron chi connectivity index (χ2n) is 6.51. The maximum atomic E-state index is 4.24. The summed E-state index contributed by atoms with van der Waals surface area (Å²) in [7, 11) is 0. The lowest BCUT2D eigenvalue weighted by molar-refractivity contribution is 0.108. The lowest BCUT2D eigenvalue weighted by atomic mass is 9.74. The van der Waals surface area contributed by atoms with Gasteiger partial charge in [-0.25, -0.2) is 0 Å². The Morgan fingerprint density at radius 2 is 2.07 bits per heavy atom. The zero-order valence-corrected chi connectivity index (χ0v) is 10.2. The summed E-state index contributed by atoms with van der Waals surface area (Å²) in [6.07, 6.45) is 7.14. The number of nitrogens with zero attached hydrogens (tertiary/aromatic N) is 1. The largest absolute Gasteiger partial charge is 0.293 e. The Kier molecular flexibility index (Phi) is 1.90. The van der Waals surface area contributed by atoms with Crippen LogP contribution in [0.5, 0.6) is 0 Å². The summed E-state index contributed by atoms with van der Waals surface area (Å²) in [6, 6.07) is 0. The number of hydrogen-bond acceptors (Lipinski definition) is 1. The highest BCUT2D eigenvalue weighted by atomic mass is 15.3. The fourth-order valence-electron chi connectivity index (χ4n) is 4.36. The zero-order valence-electron chi connectivity index (χ0n) is 10.2. The third kappa shape index (κ3) is 1.19. The molecule has 0 unspecified atom stereocenters. The molecule has 2 aliphatic heterocycles. The minimum atomic E-state index is 0.540. The van der Waals surface area contributed by atoms with E-state index in [-0.39, 0.29) is 0 Å². The smallest absolute Gasteiger partial charge is 0.0309 e. The van der Waals surface area contributed by atoms with Crippen molar-refractivity contribution >= 4 is 0 Å². The van der Waals surface area contributed by atoms with Gasteiger partial charge in [0.15, 0.2) is 0 Å². The summed E-state index contributed by atoms with van der Waals surface area (Å²) in [4.78, 5) is 2.77. The summed E-state index contributed by atoms with van der Waals surface area (Å²) < 4.78 is 0. The lowest BCUT2D eigenvalue weighted by Crippen LogP contribution is -2.45. The molecule has 1 aliphatic carbocycles. The molecular formula is C14H23N. The van der Waals surface area contributed by atoms with Crippen molar-refractivity contribution in [2.24, 2.45) is 11.3 Å². The highest BCUT2D eigenvalue weighted by molar-refractivity contribution is 5.27. The van der Waals surface area contributed by atoms with Gasteiger partial charge in [-0.15, -0.1) is 0 Å². The molecular weight excluding hydrogens is 182 g/mol. The maximum Gasteiger partial charge on any atom is 0.0309 e. The molecule has 3 aliphatic rings. The molecule has 1 saturated carbocycles. The minimum absolute atomic E-state index is 0.540. The average Bonchev–Trinajstić information content (AvgIpc) is 2.78. The Labute approximate surface area is 93.5 Å².